The van der Waals surface area contributed by atoms with E-state index < -0.39 is 5.41 Å². The summed E-state index contributed by atoms with van der Waals surface area (Å²) < 4.78 is 11.4. The second-order valence-electron chi connectivity index (χ2n) is 18.0. The second kappa shape index (κ2) is 41.1. The van der Waals surface area contributed by atoms with Gasteiger partial charge >= 0.3 is 11.9 Å². The van der Waals surface area contributed by atoms with Gasteiger partial charge in [0.2, 0.25) is 0 Å². The number of rotatable bonds is 44. The fraction of sp³-hybridized carbons (Fsp3) is 0.961. The van der Waals surface area contributed by atoms with Crippen molar-refractivity contribution in [2.75, 3.05) is 13.2 Å². The minimum atomic E-state index is -1.04. The SMILES string of the molecule is CCCCCCCCCCCCCCCCCCCCCCOC(=O)C1(C(=O)OCCCCCCCCCCCCCCCCCCCCCC)CCCC1. The maximum Gasteiger partial charge on any atom is 0.323 e. The highest BCUT2D eigenvalue weighted by Crippen LogP contribution is 2.40. The third-order valence-electron chi connectivity index (χ3n) is 12.7. The summed E-state index contributed by atoms with van der Waals surface area (Å²) in [6, 6.07) is 0. The van der Waals surface area contributed by atoms with Crippen LogP contribution < -0.4 is 0 Å². The summed E-state index contributed by atoms with van der Waals surface area (Å²) in [4.78, 5) is 26.2. The molecule has 0 N–H and O–H groups in total. The van der Waals surface area contributed by atoms with Crippen LogP contribution in [-0.2, 0) is 19.1 Å². The van der Waals surface area contributed by atoms with E-state index in [-0.39, 0.29) is 11.9 Å². The van der Waals surface area contributed by atoms with E-state index in [9.17, 15) is 9.59 Å². The second-order valence-corrected chi connectivity index (χ2v) is 18.0. The van der Waals surface area contributed by atoms with Gasteiger partial charge in [-0.15, -0.1) is 0 Å². The molecule has 0 aromatic carbocycles. The Bertz CT molecular complexity index is 743. The molecule has 1 aliphatic rings. The summed E-state index contributed by atoms with van der Waals surface area (Å²) in [5, 5.41) is 0. The first-order chi connectivity index (χ1) is 27.2. The molecular formula is C51H98O4. The molecule has 0 unspecified atom stereocenters. The average Bonchev–Trinajstić information content (AvgIpc) is 3.71. The van der Waals surface area contributed by atoms with Crippen LogP contribution in [0.3, 0.4) is 0 Å². The molecule has 55 heavy (non-hydrogen) atoms. The Morgan fingerprint density at radius 1 is 0.309 bits per heavy atom. The lowest BCUT2D eigenvalue weighted by Gasteiger charge is -2.24. The van der Waals surface area contributed by atoms with Gasteiger partial charge < -0.3 is 9.47 Å². The zero-order chi connectivity index (χ0) is 39.6. The molecule has 4 nitrogen and oxygen atoms in total. The summed E-state index contributed by atoms with van der Waals surface area (Å²) in [6.07, 6.45) is 57.2. The van der Waals surface area contributed by atoms with Crippen LogP contribution in [0.1, 0.15) is 296 Å². The first kappa shape index (κ1) is 52.0. The zero-order valence-corrected chi connectivity index (χ0v) is 37.7. The Morgan fingerprint density at radius 3 is 0.691 bits per heavy atom. The highest BCUT2D eigenvalue weighted by atomic mass is 16.6. The Morgan fingerprint density at radius 2 is 0.491 bits per heavy atom. The van der Waals surface area contributed by atoms with Crippen molar-refractivity contribution in [3.05, 3.63) is 0 Å². The van der Waals surface area contributed by atoms with Crippen LogP contribution >= 0.6 is 0 Å². The Kier molecular flexibility index (Phi) is 38.8. The molecule has 1 rings (SSSR count). The standard InChI is InChI=1S/C51H98O4/c1-3-5-7-9-11-13-15-17-19-21-23-25-27-29-31-33-35-37-39-43-47-54-49(52)51(45-41-42-46-51)50(53)55-48-44-40-38-36-34-32-30-28-26-24-22-20-18-16-14-12-10-8-6-4-2/h3-48H2,1-2H3. The smallest absolute Gasteiger partial charge is 0.323 e. The zero-order valence-electron chi connectivity index (χ0n) is 37.7. The molecular weight excluding hydrogens is 677 g/mol. The highest BCUT2D eigenvalue weighted by molar-refractivity contribution is 6.00. The Hall–Kier alpha value is -1.06. The van der Waals surface area contributed by atoms with Crippen molar-refractivity contribution >= 4 is 11.9 Å². The third-order valence-corrected chi connectivity index (χ3v) is 12.7. The van der Waals surface area contributed by atoms with Gasteiger partial charge in [-0.05, 0) is 25.7 Å². The largest absolute Gasteiger partial charge is 0.465 e. The van der Waals surface area contributed by atoms with Gasteiger partial charge in [-0.3, -0.25) is 9.59 Å². The number of ether oxygens (including phenoxy) is 2. The first-order valence-electron chi connectivity index (χ1n) is 25.5. The molecule has 0 spiro atoms. The van der Waals surface area contributed by atoms with Crippen molar-refractivity contribution in [3.8, 4) is 0 Å². The summed E-state index contributed by atoms with van der Waals surface area (Å²) in [5.41, 5.74) is -1.04. The molecule has 1 saturated carbocycles. The average molecular weight is 775 g/mol. The molecule has 0 atom stereocenters. The van der Waals surface area contributed by atoms with E-state index in [0.29, 0.717) is 26.1 Å². The fourth-order valence-electron chi connectivity index (χ4n) is 8.79. The summed E-state index contributed by atoms with van der Waals surface area (Å²) in [6.45, 7) is 5.46. The monoisotopic (exact) mass is 775 g/mol. The topological polar surface area (TPSA) is 52.6 Å². The van der Waals surface area contributed by atoms with E-state index >= 15 is 0 Å². The molecule has 1 fully saturated rings. The van der Waals surface area contributed by atoms with Gasteiger partial charge in [0.15, 0.2) is 5.41 Å². The van der Waals surface area contributed by atoms with E-state index in [1.807, 2.05) is 0 Å². The summed E-state index contributed by atoms with van der Waals surface area (Å²) in [5.74, 6) is -0.646. The Labute approximate surface area is 345 Å². The molecule has 0 amide bonds. The Balaban J connectivity index is 1.90. The number of carbonyl (C=O) groups is 2. The normalized spacial score (nSPS) is 13.8. The van der Waals surface area contributed by atoms with Gasteiger partial charge in [-0.25, -0.2) is 0 Å². The summed E-state index contributed by atoms with van der Waals surface area (Å²) in [7, 11) is 0. The first-order valence-corrected chi connectivity index (χ1v) is 25.5. The van der Waals surface area contributed by atoms with Crippen molar-refractivity contribution in [1.29, 1.82) is 0 Å². The molecule has 1 aliphatic carbocycles. The van der Waals surface area contributed by atoms with E-state index in [4.69, 9.17) is 9.47 Å². The lowest BCUT2D eigenvalue weighted by atomic mass is 9.86. The van der Waals surface area contributed by atoms with Crippen LogP contribution in [-0.4, -0.2) is 25.2 Å². The third kappa shape index (κ3) is 31.6. The maximum absolute atomic E-state index is 13.1. The maximum atomic E-state index is 13.1. The van der Waals surface area contributed by atoms with Gasteiger partial charge in [0.05, 0.1) is 13.2 Å². The molecule has 4 heteroatoms. The van der Waals surface area contributed by atoms with Gasteiger partial charge in [0.25, 0.3) is 0 Å². The molecule has 0 aromatic heterocycles. The molecule has 0 heterocycles. The predicted molar refractivity (Wildman–Crippen MR) is 239 cm³/mol. The minimum absolute atomic E-state index is 0.323. The van der Waals surface area contributed by atoms with Crippen LogP contribution in [0, 0.1) is 5.41 Å². The van der Waals surface area contributed by atoms with Crippen molar-refractivity contribution < 1.29 is 19.1 Å². The van der Waals surface area contributed by atoms with Crippen LogP contribution in [0.15, 0.2) is 0 Å². The lowest BCUT2D eigenvalue weighted by molar-refractivity contribution is -0.172. The van der Waals surface area contributed by atoms with Gasteiger partial charge in [-0.2, -0.15) is 0 Å². The van der Waals surface area contributed by atoms with Crippen molar-refractivity contribution in [2.24, 2.45) is 5.41 Å². The molecule has 0 saturated heterocycles. The molecule has 0 radical (unpaired) electrons. The van der Waals surface area contributed by atoms with Crippen molar-refractivity contribution in [2.45, 2.75) is 296 Å². The van der Waals surface area contributed by atoms with Gasteiger partial charge in [0.1, 0.15) is 0 Å². The van der Waals surface area contributed by atoms with Crippen LogP contribution in [0.2, 0.25) is 0 Å². The van der Waals surface area contributed by atoms with E-state index in [2.05, 4.69) is 13.8 Å². The highest BCUT2D eigenvalue weighted by Gasteiger charge is 2.50. The number of hydrogen-bond donors (Lipinski definition) is 0. The van der Waals surface area contributed by atoms with E-state index in [1.54, 1.807) is 0 Å². The quantitative estimate of drug-likeness (QED) is 0.0351. The van der Waals surface area contributed by atoms with Crippen LogP contribution in [0.5, 0.6) is 0 Å². The molecule has 0 aromatic rings. The molecule has 326 valence electrons. The van der Waals surface area contributed by atoms with Crippen molar-refractivity contribution in [1.82, 2.24) is 0 Å². The van der Waals surface area contributed by atoms with Crippen LogP contribution in [0.25, 0.3) is 0 Å². The number of unbranched alkanes of at least 4 members (excludes halogenated alkanes) is 38. The lowest BCUT2D eigenvalue weighted by Crippen LogP contribution is -2.40. The van der Waals surface area contributed by atoms with Crippen LogP contribution in [0.4, 0.5) is 0 Å². The number of hydrogen-bond acceptors (Lipinski definition) is 4. The number of carbonyl (C=O) groups excluding carboxylic acids is 2. The predicted octanol–water partition coefficient (Wildman–Crippen LogP) is 17.3. The molecule has 0 aliphatic heterocycles. The fourth-order valence-corrected chi connectivity index (χ4v) is 8.79. The minimum Gasteiger partial charge on any atom is -0.465 e. The van der Waals surface area contributed by atoms with E-state index in [1.165, 1.54) is 231 Å². The summed E-state index contributed by atoms with van der Waals surface area (Å²) >= 11 is 0. The van der Waals surface area contributed by atoms with Gasteiger partial charge in [-0.1, -0.05) is 271 Å². The van der Waals surface area contributed by atoms with E-state index in [0.717, 1.165) is 38.5 Å². The number of esters is 2. The molecule has 0 bridgehead atoms. The van der Waals surface area contributed by atoms with Gasteiger partial charge in [0, 0.05) is 0 Å². The van der Waals surface area contributed by atoms with Crippen molar-refractivity contribution in [3.63, 3.8) is 0 Å².